The lowest BCUT2D eigenvalue weighted by Crippen LogP contribution is -2.34. The molecule has 0 radical (unpaired) electrons. The van der Waals surface area contributed by atoms with Gasteiger partial charge in [0.15, 0.2) is 0 Å². The molecule has 1 aromatic heterocycles. The van der Waals surface area contributed by atoms with E-state index in [2.05, 4.69) is 16.8 Å². The minimum Gasteiger partial charge on any atom is -0.394 e. The second kappa shape index (κ2) is 6.05. The summed E-state index contributed by atoms with van der Waals surface area (Å²) in [7, 11) is 0. The SMILES string of the molecule is CC#CCc1cn([C@H]2C[C@H](O)[C@@H](CO)O2)c(=O)[nH]c1=O. The zero-order chi connectivity index (χ0) is 14.7. The van der Waals surface area contributed by atoms with Gasteiger partial charge in [-0.15, -0.1) is 5.92 Å². The summed E-state index contributed by atoms with van der Waals surface area (Å²) >= 11 is 0. The molecule has 1 aliphatic rings. The highest BCUT2D eigenvalue weighted by molar-refractivity contribution is 5.14. The molecule has 0 unspecified atom stereocenters. The van der Waals surface area contributed by atoms with E-state index < -0.39 is 29.7 Å². The Labute approximate surface area is 114 Å². The molecule has 108 valence electrons. The standard InChI is InChI=1S/C13H16N2O5/c1-2-3-4-8-6-15(13(19)14-12(8)18)11-5-9(17)10(7-16)20-11/h6,9-11,16-17H,4-5,7H2,1H3,(H,14,18,19)/t9-,10+,11+/m0/s1. The molecule has 0 aromatic carbocycles. The third-order valence-corrected chi connectivity index (χ3v) is 3.19. The maximum absolute atomic E-state index is 11.8. The monoisotopic (exact) mass is 280 g/mol. The maximum atomic E-state index is 11.8. The van der Waals surface area contributed by atoms with Crippen LogP contribution in [0, 0.1) is 11.8 Å². The Balaban J connectivity index is 2.34. The van der Waals surface area contributed by atoms with E-state index in [-0.39, 0.29) is 19.4 Å². The summed E-state index contributed by atoms with van der Waals surface area (Å²) in [5.74, 6) is 5.43. The Morgan fingerprint density at radius 3 is 2.90 bits per heavy atom. The van der Waals surface area contributed by atoms with Crippen molar-refractivity contribution in [2.45, 2.75) is 38.2 Å². The quantitative estimate of drug-likeness (QED) is 0.600. The third kappa shape index (κ3) is 2.82. The number of aliphatic hydroxyl groups is 2. The van der Waals surface area contributed by atoms with Gasteiger partial charge in [0.2, 0.25) is 0 Å². The molecular formula is C13H16N2O5. The smallest absolute Gasteiger partial charge is 0.330 e. The Kier molecular flexibility index (Phi) is 4.39. The van der Waals surface area contributed by atoms with Gasteiger partial charge in [-0.05, 0) is 6.92 Å². The summed E-state index contributed by atoms with van der Waals surface area (Å²) in [6.07, 6.45) is -0.482. The van der Waals surface area contributed by atoms with E-state index in [0.717, 1.165) is 0 Å². The van der Waals surface area contributed by atoms with E-state index in [0.29, 0.717) is 5.56 Å². The number of ether oxygens (including phenoxy) is 1. The highest BCUT2D eigenvalue weighted by Gasteiger charge is 2.35. The molecule has 1 aromatic rings. The molecule has 0 saturated carbocycles. The molecule has 7 heteroatoms. The van der Waals surface area contributed by atoms with Crippen LogP contribution in [-0.2, 0) is 11.2 Å². The van der Waals surface area contributed by atoms with Crippen LogP contribution >= 0.6 is 0 Å². The van der Waals surface area contributed by atoms with Gasteiger partial charge >= 0.3 is 5.69 Å². The number of H-pyrrole nitrogens is 1. The van der Waals surface area contributed by atoms with Crippen LogP contribution in [0.15, 0.2) is 15.8 Å². The molecular weight excluding hydrogens is 264 g/mol. The van der Waals surface area contributed by atoms with Crippen LogP contribution in [0.1, 0.15) is 25.1 Å². The van der Waals surface area contributed by atoms with E-state index in [1.807, 2.05) is 0 Å². The van der Waals surface area contributed by atoms with Crippen molar-refractivity contribution in [1.29, 1.82) is 0 Å². The predicted molar refractivity (Wildman–Crippen MR) is 70.1 cm³/mol. The van der Waals surface area contributed by atoms with Crippen LogP contribution < -0.4 is 11.2 Å². The molecule has 2 rings (SSSR count). The average Bonchev–Trinajstić information content (AvgIpc) is 2.79. The van der Waals surface area contributed by atoms with Crippen molar-refractivity contribution >= 4 is 0 Å². The molecule has 3 atom stereocenters. The van der Waals surface area contributed by atoms with Crippen LogP contribution in [0.4, 0.5) is 0 Å². The first-order valence-electron chi connectivity index (χ1n) is 6.25. The fourth-order valence-corrected chi connectivity index (χ4v) is 2.10. The van der Waals surface area contributed by atoms with Gasteiger partial charge in [0.25, 0.3) is 5.56 Å². The molecule has 7 nitrogen and oxygen atoms in total. The first-order chi connectivity index (χ1) is 9.56. The average molecular weight is 280 g/mol. The van der Waals surface area contributed by atoms with Crippen molar-refractivity contribution in [1.82, 2.24) is 9.55 Å². The van der Waals surface area contributed by atoms with Crippen molar-refractivity contribution in [3.8, 4) is 11.8 Å². The molecule has 3 N–H and O–H groups in total. The van der Waals surface area contributed by atoms with Crippen LogP contribution in [0.3, 0.4) is 0 Å². The van der Waals surface area contributed by atoms with Gasteiger partial charge in [-0.3, -0.25) is 14.3 Å². The fourth-order valence-electron chi connectivity index (χ4n) is 2.10. The summed E-state index contributed by atoms with van der Waals surface area (Å²) in [6.45, 7) is 1.33. The zero-order valence-corrected chi connectivity index (χ0v) is 11.0. The normalized spacial score (nSPS) is 25.2. The lowest BCUT2D eigenvalue weighted by Gasteiger charge is -2.14. The highest BCUT2D eigenvalue weighted by atomic mass is 16.5. The number of nitrogens with one attached hydrogen (secondary N) is 1. The second-order valence-electron chi connectivity index (χ2n) is 4.54. The third-order valence-electron chi connectivity index (χ3n) is 3.19. The van der Waals surface area contributed by atoms with Gasteiger partial charge in [-0.2, -0.15) is 0 Å². The highest BCUT2D eigenvalue weighted by Crippen LogP contribution is 2.27. The van der Waals surface area contributed by atoms with E-state index >= 15 is 0 Å². The Morgan fingerprint density at radius 2 is 2.30 bits per heavy atom. The van der Waals surface area contributed by atoms with Gasteiger partial charge in [0.1, 0.15) is 12.3 Å². The van der Waals surface area contributed by atoms with Crippen molar-refractivity contribution in [2.75, 3.05) is 6.61 Å². The number of aromatic amines is 1. The number of hydrogen-bond donors (Lipinski definition) is 3. The van der Waals surface area contributed by atoms with E-state index in [1.54, 1.807) is 6.92 Å². The number of rotatable bonds is 3. The number of nitrogens with zero attached hydrogens (tertiary/aromatic N) is 1. The molecule has 0 aliphatic carbocycles. The summed E-state index contributed by atoms with van der Waals surface area (Å²) in [5, 5.41) is 18.7. The maximum Gasteiger partial charge on any atom is 0.330 e. The van der Waals surface area contributed by atoms with E-state index in [4.69, 9.17) is 9.84 Å². The lowest BCUT2D eigenvalue weighted by molar-refractivity contribution is -0.0459. The number of hydrogen-bond acceptors (Lipinski definition) is 5. The van der Waals surface area contributed by atoms with Crippen molar-refractivity contribution in [3.63, 3.8) is 0 Å². The van der Waals surface area contributed by atoms with E-state index in [9.17, 15) is 14.7 Å². The van der Waals surface area contributed by atoms with Crippen LogP contribution in [0.2, 0.25) is 0 Å². The first kappa shape index (κ1) is 14.5. The van der Waals surface area contributed by atoms with Gasteiger partial charge in [0, 0.05) is 24.6 Å². The first-order valence-corrected chi connectivity index (χ1v) is 6.25. The van der Waals surface area contributed by atoms with Crippen LogP contribution in [-0.4, -0.2) is 38.6 Å². The molecule has 1 aliphatic heterocycles. The number of aliphatic hydroxyl groups excluding tert-OH is 2. The summed E-state index contributed by atoms with van der Waals surface area (Å²) < 4.78 is 6.61. The minimum absolute atomic E-state index is 0.177. The van der Waals surface area contributed by atoms with Gasteiger partial charge in [0.05, 0.1) is 12.7 Å². The van der Waals surface area contributed by atoms with Crippen molar-refractivity contribution in [3.05, 3.63) is 32.6 Å². The van der Waals surface area contributed by atoms with Crippen molar-refractivity contribution in [2.24, 2.45) is 0 Å². The molecule has 2 heterocycles. The van der Waals surface area contributed by atoms with Crippen LogP contribution in [0.5, 0.6) is 0 Å². The molecule has 0 spiro atoms. The predicted octanol–water partition coefficient (Wildman–Crippen LogP) is -1.26. The van der Waals surface area contributed by atoms with Gasteiger partial charge < -0.3 is 14.9 Å². The number of aromatic nitrogens is 2. The molecule has 1 fully saturated rings. The zero-order valence-electron chi connectivity index (χ0n) is 11.0. The lowest BCUT2D eigenvalue weighted by atomic mass is 10.2. The Hall–Kier alpha value is -1.88. The molecule has 20 heavy (non-hydrogen) atoms. The molecule has 0 amide bonds. The van der Waals surface area contributed by atoms with E-state index in [1.165, 1.54) is 10.8 Å². The topological polar surface area (TPSA) is 105 Å². The second-order valence-corrected chi connectivity index (χ2v) is 4.54. The minimum atomic E-state index is -0.845. The Morgan fingerprint density at radius 1 is 1.55 bits per heavy atom. The van der Waals surface area contributed by atoms with Crippen LogP contribution in [0.25, 0.3) is 0 Å². The van der Waals surface area contributed by atoms with Gasteiger partial charge in [-0.1, -0.05) is 5.92 Å². The summed E-state index contributed by atoms with van der Waals surface area (Å²) in [6, 6.07) is 0. The molecule has 0 bridgehead atoms. The largest absolute Gasteiger partial charge is 0.394 e. The molecule has 1 saturated heterocycles. The fraction of sp³-hybridized carbons (Fsp3) is 0.538. The summed E-state index contributed by atoms with van der Waals surface area (Å²) in [5.41, 5.74) is -0.741. The Bertz CT molecular complexity index is 651. The van der Waals surface area contributed by atoms with Crippen molar-refractivity contribution < 1.29 is 14.9 Å². The van der Waals surface area contributed by atoms with Gasteiger partial charge in [-0.25, -0.2) is 4.79 Å². The summed E-state index contributed by atoms with van der Waals surface area (Å²) in [4.78, 5) is 25.6.